The number of anilines is 1. The quantitative estimate of drug-likeness (QED) is 0.499. The van der Waals surface area contributed by atoms with Gasteiger partial charge in [0, 0.05) is 26.2 Å². The molecular formula is C15H25NO4. The number of hydrogen-bond donors (Lipinski definition) is 1. The Balaban J connectivity index is 2.26. The van der Waals surface area contributed by atoms with Gasteiger partial charge in [0.1, 0.15) is 11.5 Å². The first-order valence-corrected chi connectivity index (χ1v) is 6.99. The highest BCUT2D eigenvalue weighted by Crippen LogP contribution is 2.27. The van der Waals surface area contributed by atoms with Crippen molar-refractivity contribution >= 4 is 5.69 Å². The highest BCUT2D eigenvalue weighted by Gasteiger charge is 2.03. The number of benzene rings is 1. The second kappa shape index (κ2) is 10.3. The SMILES string of the molecule is CCCOc1cc(OCCCOCCOC)ccc1N. The lowest BCUT2D eigenvalue weighted by molar-refractivity contribution is 0.0644. The summed E-state index contributed by atoms with van der Waals surface area (Å²) in [7, 11) is 1.66. The highest BCUT2D eigenvalue weighted by atomic mass is 16.5. The first kappa shape index (κ1) is 16.6. The molecule has 0 fully saturated rings. The van der Waals surface area contributed by atoms with Crippen molar-refractivity contribution in [3.63, 3.8) is 0 Å². The molecule has 0 amide bonds. The van der Waals surface area contributed by atoms with Gasteiger partial charge in [-0.2, -0.15) is 0 Å². The molecule has 0 aliphatic carbocycles. The Morgan fingerprint density at radius 3 is 2.60 bits per heavy atom. The van der Waals surface area contributed by atoms with E-state index >= 15 is 0 Å². The molecule has 1 aromatic carbocycles. The van der Waals surface area contributed by atoms with Crippen LogP contribution in [-0.2, 0) is 9.47 Å². The highest BCUT2D eigenvalue weighted by molar-refractivity contribution is 5.55. The lowest BCUT2D eigenvalue weighted by Gasteiger charge is -2.11. The molecule has 5 heteroatoms. The van der Waals surface area contributed by atoms with Gasteiger partial charge in [0.05, 0.1) is 32.1 Å². The smallest absolute Gasteiger partial charge is 0.145 e. The lowest BCUT2D eigenvalue weighted by Crippen LogP contribution is -2.07. The first-order valence-electron chi connectivity index (χ1n) is 6.99. The fourth-order valence-electron chi connectivity index (χ4n) is 1.54. The van der Waals surface area contributed by atoms with E-state index in [0.29, 0.717) is 44.5 Å². The maximum absolute atomic E-state index is 5.84. The molecule has 0 saturated carbocycles. The van der Waals surface area contributed by atoms with Gasteiger partial charge in [0.25, 0.3) is 0 Å². The maximum Gasteiger partial charge on any atom is 0.145 e. The van der Waals surface area contributed by atoms with E-state index in [0.717, 1.165) is 18.6 Å². The van der Waals surface area contributed by atoms with Gasteiger partial charge in [0.2, 0.25) is 0 Å². The average molecular weight is 283 g/mol. The van der Waals surface area contributed by atoms with Gasteiger partial charge in [-0.3, -0.25) is 0 Å². The van der Waals surface area contributed by atoms with Gasteiger partial charge < -0.3 is 24.7 Å². The summed E-state index contributed by atoms with van der Waals surface area (Å²) in [5.74, 6) is 1.45. The normalized spacial score (nSPS) is 10.5. The zero-order valence-electron chi connectivity index (χ0n) is 12.4. The number of nitrogens with two attached hydrogens (primary N) is 1. The van der Waals surface area contributed by atoms with Crippen LogP contribution in [0.5, 0.6) is 11.5 Å². The van der Waals surface area contributed by atoms with E-state index in [1.807, 2.05) is 12.1 Å². The molecule has 0 unspecified atom stereocenters. The molecular weight excluding hydrogens is 258 g/mol. The van der Waals surface area contributed by atoms with Crippen molar-refractivity contribution < 1.29 is 18.9 Å². The van der Waals surface area contributed by atoms with E-state index in [1.165, 1.54) is 0 Å². The Morgan fingerprint density at radius 1 is 1.00 bits per heavy atom. The van der Waals surface area contributed by atoms with Crippen molar-refractivity contribution in [3.05, 3.63) is 18.2 Å². The van der Waals surface area contributed by atoms with Gasteiger partial charge in [-0.25, -0.2) is 0 Å². The Morgan fingerprint density at radius 2 is 1.85 bits per heavy atom. The van der Waals surface area contributed by atoms with Crippen molar-refractivity contribution in [1.29, 1.82) is 0 Å². The Hall–Kier alpha value is -1.46. The summed E-state index contributed by atoms with van der Waals surface area (Å²) in [5, 5.41) is 0. The number of rotatable bonds is 11. The summed E-state index contributed by atoms with van der Waals surface area (Å²) in [6, 6.07) is 5.48. The van der Waals surface area contributed by atoms with Crippen LogP contribution in [0, 0.1) is 0 Å². The van der Waals surface area contributed by atoms with E-state index in [1.54, 1.807) is 13.2 Å². The van der Waals surface area contributed by atoms with Gasteiger partial charge in [0.15, 0.2) is 0 Å². The molecule has 0 bridgehead atoms. The summed E-state index contributed by atoms with van der Waals surface area (Å²) >= 11 is 0. The topological polar surface area (TPSA) is 62.9 Å². The van der Waals surface area contributed by atoms with Gasteiger partial charge in [-0.1, -0.05) is 6.92 Å². The Labute approximate surface area is 121 Å². The fourth-order valence-corrected chi connectivity index (χ4v) is 1.54. The van der Waals surface area contributed by atoms with Gasteiger partial charge in [-0.05, 0) is 18.6 Å². The second-order valence-electron chi connectivity index (χ2n) is 4.36. The molecule has 2 N–H and O–H groups in total. The molecule has 20 heavy (non-hydrogen) atoms. The average Bonchev–Trinajstić information content (AvgIpc) is 2.46. The standard InChI is InChI=1S/C15H25NO4/c1-3-7-20-15-12-13(5-6-14(15)16)19-9-4-8-18-11-10-17-2/h5-6,12H,3-4,7-11,16H2,1-2H3. The number of hydrogen-bond acceptors (Lipinski definition) is 5. The minimum atomic E-state index is 0.601. The molecule has 0 heterocycles. The molecule has 1 aromatic rings. The minimum absolute atomic E-state index is 0.601. The van der Waals surface area contributed by atoms with Crippen molar-refractivity contribution in [1.82, 2.24) is 0 Å². The molecule has 0 aliphatic rings. The molecule has 0 saturated heterocycles. The molecule has 114 valence electrons. The largest absolute Gasteiger partial charge is 0.493 e. The van der Waals surface area contributed by atoms with Gasteiger partial charge >= 0.3 is 0 Å². The van der Waals surface area contributed by atoms with Crippen LogP contribution in [-0.4, -0.2) is 40.1 Å². The zero-order valence-corrected chi connectivity index (χ0v) is 12.4. The summed E-state index contributed by atoms with van der Waals surface area (Å²) in [6.07, 6.45) is 1.78. The Bertz CT molecular complexity index is 371. The monoisotopic (exact) mass is 283 g/mol. The third-order valence-corrected chi connectivity index (χ3v) is 2.58. The van der Waals surface area contributed by atoms with Crippen LogP contribution in [0.15, 0.2) is 18.2 Å². The van der Waals surface area contributed by atoms with Crippen LogP contribution in [0.3, 0.4) is 0 Å². The van der Waals surface area contributed by atoms with Crippen LogP contribution >= 0.6 is 0 Å². The van der Waals surface area contributed by atoms with Crippen LogP contribution in [0.2, 0.25) is 0 Å². The third kappa shape index (κ3) is 6.63. The first-order chi connectivity index (χ1) is 9.77. The number of ether oxygens (including phenoxy) is 4. The van der Waals surface area contributed by atoms with E-state index in [2.05, 4.69) is 6.92 Å². The van der Waals surface area contributed by atoms with E-state index in [-0.39, 0.29) is 0 Å². The van der Waals surface area contributed by atoms with Crippen molar-refractivity contribution in [3.8, 4) is 11.5 Å². The van der Waals surface area contributed by atoms with Crippen LogP contribution in [0.4, 0.5) is 5.69 Å². The molecule has 0 atom stereocenters. The number of methoxy groups -OCH3 is 1. The van der Waals surface area contributed by atoms with E-state index in [9.17, 15) is 0 Å². The molecule has 0 aromatic heterocycles. The van der Waals surface area contributed by atoms with Crippen LogP contribution < -0.4 is 15.2 Å². The maximum atomic E-state index is 5.84. The second-order valence-corrected chi connectivity index (χ2v) is 4.36. The Kier molecular flexibility index (Phi) is 8.58. The summed E-state index contributed by atoms with van der Waals surface area (Å²) in [6.45, 7) is 5.22. The van der Waals surface area contributed by atoms with Crippen molar-refractivity contribution in [2.24, 2.45) is 0 Å². The summed E-state index contributed by atoms with van der Waals surface area (Å²) in [5.41, 5.74) is 6.47. The van der Waals surface area contributed by atoms with E-state index < -0.39 is 0 Å². The van der Waals surface area contributed by atoms with Gasteiger partial charge in [-0.15, -0.1) is 0 Å². The minimum Gasteiger partial charge on any atom is -0.493 e. The van der Waals surface area contributed by atoms with Crippen molar-refractivity contribution in [2.75, 3.05) is 45.9 Å². The molecule has 0 aliphatic heterocycles. The van der Waals surface area contributed by atoms with Crippen LogP contribution in [0.1, 0.15) is 19.8 Å². The molecule has 0 spiro atoms. The lowest BCUT2D eigenvalue weighted by atomic mass is 10.3. The zero-order chi connectivity index (χ0) is 14.6. The van der Waals surface area contributed by atoms with Crippen LogP contribution in [0.25, 0.3) is 0 Å². The number of nitrogen functional groups attached to an aromatic ring is 1. The summed E-state index contributed by atoms with van der Waals surface area (Å²) in [4.78, 5) is 0. The predicted octanol–water partition coefficient (Wildman–Crippen LogP) is 2.49. The fraction of sp³-hybridized carbons (Fsp3) is 0.600. The third-order valence-electron chi connectivity index (χ3n) is 2.58. The molecule has 5 nitrogen and oxygen atoms in total. The molecule has 1 rings (SSSR count). The predicted molar refractivity (Wildman–Crippen MR) is 79.4 cm³/mol. The molecule has 0 radical (unpaired) electrons. The van der Waals surface area contributed by atoms with E-state index in [4.69, 9.17) is 24.7 Å². The van der Waals surface area contributed by atoms with Crippen molar-refractivity contribution in [2.45, 2.75) is 19.8 Å². The summed E-state index contributed by atoms with van der Waals surface area (Å²) < 4.78 is 21.4.